The fourth-order valence-electron chi connectivity index (χ4n) is 3.94. The van der Waals surface area contributed by atoms with Crippen LogP contribution in [0.3, 0.4) is 0 Å². The number of hydrogen-bond donors (Lipinski definition) is 0. The summed E-state index contributed by atoms with van der Waals surface area (Å²) in [4.78, 5) is 0. The van der Waals surface area contributed by atoms with Gasteiger partial charge >= 0.3 is 0 Å². The van der Waals surface area contributed by atoms with Crippen LogP contribution in [0.15, 0.2) is 48.5 Å². The van der Waals surface area contributed by atoms with Gasteiger partial charge in [0.25, 0.3) is 0 Å². The minimum atomic E-state index is -0.0551. The van der Waals surface area contributed by atoms with Gasteiger partial charge in [0.15, 0.2) is 0 Å². The van der Waals surface area contributed by atoms with E-state index in [1.807, 2.05) is 0 Å². The van der Waals surface area contributed by atoms with Crippen molar-refractivity contribution in [1.29, 1.82) is 0 Å². The summed E-state index contributed by atoms with van der Waals surface area (Å²) in [6.45, 7) is 10.6. The second-order valence-corrected chi connectivity index (χ2v) is 8.68. The Bertz CT molecular complexity index is 742. The van der Waals surface area contributed by atoms with E-state index < -0.39 is 0 Å². The second-order valence-electron chi connectivity index (χ2n) is 8.68. The van der Waals surface area contributed by atoms with E-state index in [1.54, 1.807) is 0 Å². The molecule has 6 atom stereocenters. The molecule has 2 fully saturated rings. The van der Waals surface area contributed by atoms with Crippen molar-refractivity contribution in [2.24, 2.45) is 0 Å². The van der Waals surface area contributed by atoms with Crippen LogP contribution in [0.5, 0.6) is 0 Å². The first-order valence-corrected chi connectivity index (χ1v) is 11.2. The van der Waals surface area contributed by atoms with Crippen LogP contribution in [-0.4, -0.2) is 25.4 Å². The average Bonchev–Trinajstić information content (AvgIpc) is 3.67. The summed E-state index contributed by atoms with van der Waals surface area (Å²) in [5.41, 5.74) is 5.18. The van der Waals surface area contributed by atoms with Crippen molar-refractivity contribution < 1.29 is 14.2 Å². The average molecular weight is 395 g/mol. The number of ether oxygens (including phenoxy) is 3. The second kappa shape index (κ2) is 8.99. The molecule has 3 nitrogen and oxygen atoms in total. The number of benzene rings is 2. The quantitative estimate of drug-likeness (QED) is 0.443. The van der Waals surface area contributed by atoms with Gasteiger partial charge in [0, 0.05) is 0 Å². The summed E-state index contributed by atoms with van der Waals surface area (Å²) in [5.74, 6) is 1.09. The molecule has 6 unspecified atom stereocenters. The Balaban J connectivity index is 1.60. The van der Waals surface area contributed by atoms with Crippen molar-refractivity contribution in [3.8, 4) is 0 Å². The molecule has 0 radical (unpaired) electrons. The summed E-state index contributed by atoms with van der Waals surface area (Å²) < 4.78 is 18.2. The molecule has 2 saturated heterocycles. The van der Waals surface area contributed by atoms with Gasteiger partial charge in [-0.3, -0.25) is 0 Å². The fraction of sp³-hybridized carbons (Fsp3) is 0.538. The summed E-state index contributed by atoms with van der Waals surface area (Å²) in [6, 6.07) is 17.7. The number of rotatable bonds is 10. The van der Waals surface area contributed by atoms with Gasteiger partial charge in [-0.2, -0.15) is 0 Å². The van der Waals surface area contributed by atoms with Crippen LogP contribution in [0.25, 0.3) is 0 Å². The van der Waals surface area contributed by atoms with E-state index in [9.17, 15) is 0 Å². The fourth-order valence-corrected chi connectivity index (χ4v) is 3.94. The predicted molar refractivity (Wildman–Crippen MR) is 116 cm³/mol. The first-order chi connectivity index (χ1) is 14.1. The van der Waals surface area contributed by atoms with Gasteiger partial charge in [0.2, 0.25) is 0 Å². The van der Waals surface area contributed by atoms with Gasteiger partial charge < -0.3 is 14.2 Å². The minimum Gasteiger partial charge on any atom is -0.370 e. The lowest BCUT2D eigenvalue weighted by Gasteiger charge is -2.25. The Kier molecular flexibility index (Phi) is 6.38. The molecule has 0 aliphatic carbocycles. The van der Waals surface area contributed by atoms with Crippen LogP contribution in [0.4, 0.5) is 0 Å². The molecule has 2 aliphatic rings. The van der Waals surface area contributed by atoms with Crippen LogP contribution in [0, 0.1) is 0 Å². The molecule has 0 amide bonds. The zero-order valence-corrected chi connectivity index (χ0v) is 18.1. The summed E-state index contributed by atoms with van der Waals surface area (Å²) >= 11 is 0. The molecule has 3 heteroatoms. The molecular weight excluding hydrogens is 360 g/mol. The zero-order chi connectivity index (χ0) is 20.4. The predicted octanol–water partition coefficient (Wildman–Crippen LogP) is 6.31. The van der Waals surface area contributed by atoms with Crippen LogP contribution >= 0.6 is 0 Å². The summed E-state index contributed by atoms with van der Waals surface area (Å²) in [6.07, 6.45) is 2.44. The van der Waals surface area contributed by atoms with Gasteiger partial charge in [-0.25, -0.2) is 0 Å². The first-order valence-electron chi connectivity index (χ1n) is 11.2. The Labute approximate surface area is 175 Å². The van der Waals surface area contributed by atoms with E-state index in [-0.39, 0.29) is 24.4 Å². The molecule has 2 heterocycles. The monoisotopic (exact) mass is 394 g/mol. The topological polar surface area (TPSA) is 34.3 Å². The van der Waals surface area contributed by atoms with Crippen LogP contribution in [0.2, 0.25) is 0 Å². The molecule has 0 spiro atoms. The number of epoxide rings is 2. The molecule has 2 aromatic rings. The lowest BCUT2D eigenvalue weighted by atomic mass is 9.93. The highest BCUT2D eigenvalue weighted by Gasteiger charge is 2.42. The van der Waals surface area contributed by atoms with Gasteiger partial charge in [-0.15, -0.1) is 0 Å². The van der Waals surface area contributed by atoms with Crippen LogP contribution < -0.4 is 0 Å². The molecule has 4 rings (SSSR count). The summed E-state index contributed by atoms with van der Waals surface area (Å²) in [5, 5.41) is 0. The maximum Gasteiger partial charge on any atom is 0.112 e. The van der Waals surface area contributed by atoms with Crippen molar-refractivity contribution in [1.82, 2.24) is 0 Å². The highest BCUT2D eigenvalue weighted by Crippen LogP contribution is 2.41. The SMILES string of the molecule is CCC(C)c1cccc(C(OC(c2cccc(C(C)CC)c2)C2CO2)C2CO2)c1. The van der Waals surface area contributed by atoms with Gasteiger partial charge in [-0.1, -0.05) is 76.2 Å². The largest absolute Gasteiger partial charge is 0.370 e. The smallest absolute Gasteiger partial charge is 0.112 e. The highest BCUT2D eigenvalue weighted by molar-refractivity contribution is 5.31. The van der Waals surface area contributed by atoms with Crippen LogP contribution in [-0.2, 0) is 14.2 Å². The van der Waals surface area contributed by atoms with Crippen molar-refractivity contribution in [2.45, 2.75) is 76.8 Å². The Hall–Kier alpha value is -1.68. The first kappa shape index (κ1) is 20.6. The molecule has 2 aromatic carbocycles. The van der Waals surface area contributed by atoms with E-state index >= 15 is 0 Å². The normalized spacial score (nSPS) is 24.6. The van der Waals surface area contributed by atoms with Crippen molar-refractivity contribution in [2.75, 3.05) is 13.2 Å². The van der Waals surface area contributed by atoms with Crippen molar-refractivity contribution in [3.05, 3.63) is 70.8 Å². The summed E-state index contributed by atoms with van der Waals surface area (Å²) in [7, 11) is 0. The van der Waals surface area contributed by atoms with Crippen molar-refractivity contribution in [3.63, 3.8) is 0 Å². The molecule has 156 valence electrons. The van der Waals surface area contributed by atoms with E-state index in [2.05, 4.69) is 76.2 Å². The molecule has 0 saturated carbocycles. The third kappa shape index (κ3) is 4.91. The standard InChI is InChI=1S/C26H34O3/c1-5-17(3)19-9-7-11-21(13-19)25(23-15-27-23)29-26(24-16-28-24)22-12-8-10-20(14-22)18(4)6-2/h7-14,17-18,23-26H,5-6,15-16H2,1-4H3. The zero-order valence-electron chi connectivity index (χ0n) is 18.1. The highest BCUT2D eigenvalue weighted by atomic mass is 16.6. The lowest BCUT2D eigenvalue weighted by Crippen LogP contribution is -2.19. The Morgan fingerprint density at radius 2 is 1.14 bits per heavy atom. The van der Waals surface area contributed by atoms with Crippen molar-refractivity contribution >= 4 is 0 Å². The maximum absolute atomic E-state index is 6.76. The molecule has 29 heavy (non-hydrogen) atoms. The molecule has 0 bridgehead atoms. The molecule has 0 N–H and O–H groups in total. The Morgan fingerprint density at radius 3 is 1.48 bits per heavy atom. The third-order valence-corrected chi connectivity index (χ3v) is 6.53. The van der Waals surface area contributed by atoms with Gasteiger partial charge in [0.1, 0.15) is 24.4 Å². The molecule has 2 aliphatic heterocycles. The van der Waals surface area contributed by atoms with E-state index in [0.29, 0.717) is 11.8 Å². The van der Waals surface area contributed by atoms with E-state index in [0.717, 1.165) is 26.1 Å². The van der Waals surface area contributed by atoms with Gasteiger partial charge in [-0.05, 0) is 46.9 Å². The number of hydrogen-bond acceptors (Lipinski definition) is 3. The van der Waals surface area contributed by atoms with E-state index in [4.69, 9.17) is 14.2 Å². The van der Waals surface area contributed by atoms with Gasteiger partial charge in [0.05, 0.1) is 13.2 Å². The van der Waals surface area contributed by atoms with E-state index in [1.165, 1.54) is 22.3 Å². The van der Waals surface area contributed by atoms with Crippen LogP contribution in [0.1, 0.15) is 86.8 Å². The maximum atomic E-state index is 6.76. The Morgan fingerprint density at radius 1 is 0.759 bits per heavy atom. The lowest BCUT2D eigenvalue weighted by molar-refractivity contribution is -0.0419. The minimum absolute atomic E-state index is 0.0551. The third-order valence-electron chi connectivity index (χ3n) is 6.53. The molecule has 0 aromatic heterocycles. The molecular formula is C26H34O3.